The Morgan fingerprint density at radius 1 is 0.229 bits per heavy atom. The number of benzene rings is 11. The molecule has 0 saturated carbocycles. The fourth-order valence-corrected chi connectivity index (χ4v) is 16.5. The van der Waals surface area contributed by atoms with Gasteiger partial charge in [-0.2, -0.15) is 0 Å². The van der Waals surface area contributed by atoms with E-state index in [9.17, 15) is 0 Å². The Balaban J connectivity index is 0.993. The average Bonchev–Trinajstić information content (AvgIpc) is 4.08. The second kappa shape index (κ2) is 16.1. The molecule has 3 heterocycles. The second-order valence-electron chi connectivity index (χ2n) is 18.4. The number of para-hydroxylation sites is 4. The number of rotatable bonds is 8. The van der Waals surface area contributed by atoms with Crippen molar-refractivity contribution in [2.75, 3.05) is 0 Å². The number of hydrogen-bond donors (Lipinski definition) is 0. The van der Waals surface area contributed by atoms with Crippen molar-refractivity contribution in [3.63, 3.8) is 0 Å². The SMILES string of the molecule is c1ccc(-c2ccc3c(c2)c2ccccc2n3-c2cccc3c4ccccc4n(-c4ccc5c6ccccc6n(-c6ccc([Si](c7ccccc7)(c7ccccc7)c7ccccc7)cc6)c5c4)c23)cc1. The molecule has 0 fully saturated rings. The van der Waals surface area contributed by atoms with E-state index in [2.05, 4.69) is 287 Å². The minimum Gasteiger partial charge on any atom is -0.309 e. The maximum Gasteiger partial charge on any atom is 0.179 e. The van der Waals surface area contributed by atoms with Crippen LogP contribution in [-0.2, 0) is 0 Å². The van der Waals surface area contributed by atoms with Gasteiger partial charge in [-0.3, -0.25) is 0 Å². The topological polar surface area (TPSA) is 14.8 Å². The smallest absolute Gasteiger partial charge is 0.179 e. The maximum atomic E-state index is 2.50. The summed E-state index contributed by atoms with van der Waals surface area (Å²) in [6.45, 7) is 0. The summed E-state index contributed by atoms with van der Waals surface area (Å²) in [7, 11) is -2.71. The Bertz CT molecular complexity index is 4170. The summed E-state index contributed by atoms with van der Waals surface area (Å²) in [6, 6.07) is 101. The Kier molecular flexibility index (Phi) is 9.23. The lowest BCUT2D eigenvalue weighted by Crippen LogP contribution is -2.74. The van der Waals surface area contributed by atoms with Crippen molar-refractivity contribution >= 4 is 94.2 Å². The molecule has 0 aliphatic rings. The van der Waals surface area contributed by atoms with Crippen LogP contribution < -0.4 is 20.7 Å². The summed E-state index contributed by atoms with van der Waals surface area (Å²) in [5, 5.41) is 12.8. The molecule has 3 nitrogen and oxygen atoms in total. The van der Waals surface area contributed by atoms with Gasteiger partial charge in [0.25, 0.3) is 0 Å². The molecule has 0 saturated heterocycles. The van der Waals surface area contributed by atoms with E-state index >= 15 is 0 Å². The highest BCUT2D eigenvalue weighted by molar-refractivity contribution is 7.19. The summed E-state index contributed by atoms with van der Waals surface area (Å²) in [6.07, 6.45) is 0. The van der Waals surface area contributed by atoms with Gasteiger partial charge in [-0.1, -0.05) is 212 Å². The van der Waals surface area contributed by atoms with Crippen molar-refractivity contribution < 1.29 is 0 Å². The van der Waals surface area contributed by atoms with E-state index in [1.54, 1.807) is 0 Å². The van der Waals surface area contributed by atoms with Crippen LogP contribution in [0.4, 0.5) is 0 Å². The molecule has 70 heavy (non-hydrogen) atoms. The molecule has 0 aliphatic carbocycles. The third-order valence-corrected chi connectivity index (χ3v) is 19.6. The third-order valence-electron chi connectivity index (χ3n) is 14.8. The molecule has 3 aromatic heterocycles. The lowest BCUT2D eigenvalue weighted by molar-refractivity contribution is 1.13. The van der Waals surface area contributed by atoms with Crippen molar-refractivity contribution in [2.45, 2.75) is 0 Å². The second-order valence-corrected chi connectivity index (χ2v) is 22.2. The molecule has 0 amide bonds. The summed E-state index contributed by atoms with van der Waals surface area (Å²) >= 11 is 0. The lowest BCUT2D eigenvalue weighted by atomic mass is 10.0. The van der Waals surface area contributed by atoms with Gasteiger partial charge in [0.1, 0.15) is 0 Å². The van der Waals surface area contributed by atoms with E-state index in [1.165, 1.54) is 91.8 Å². The summed E-state index contributed by atoms with van der Waals surface area (Å²) < 4.78 is 7.46. The van der Waals surface area contributed by atoms with Gasteiger partial charge in [0, 0.05) is 43.7 Å². The third kappa shape index (κ3) is 6.00. The van der Waals surface area contributed by atoms with Crippen LogP contribution in [0.5, 0.6) is 0 Å². The van der Waals surface area contributed by atoms with E-state index in [4.69, 9.17) is 0 Å². The summed E-state index contributed by atoms with van der Waals surface area (Å²) in [4.78, 5) is 0. The Hall–Kier alpha value is -8.96. The van der Waals surface area contributed by atoms with Crippen molar-refractivity contribution in [3.05, 3.63) is 273 Å². The van der Waals surface area contributed by atoms with Crippen molar-refractivity contribution in [2.24, 2.45) is 0 Å². The molecule has 0 aliphatic heterocycles. The molecule has 11 aromatic carbocycles. The number of nitrogens with zero attached hydrogens (tertiary/aromatic N) is 3. The van der Waals surface area contributed by atoms with E-state index in [0.29, 0.717) is 0 Å². The van der Waals surface area contributed by atoms with Crippen LogP contribution in [0.15, 0.2) is 273 Å². The van der Waals surface area contributed by atoms with Crippen LogP contribution in [0, 0.1) is 0 Å². The zero-order chi connectivity index (χ0) is 46.2. The minimum atomic E-state index is -2.71. The monoisotopic (exact) mass is 907 g/mol. The molecule has 0 bridgehead atoms. The molecular formula is C66H45N3Si. The minimum absolute atomic E-state index is 1.11. The van der Waals surface area contributed by atoms with Gasteiger partial charge in [0.2, 0.25) is 0 Å². The van der Waals surface area contributed by atoms with E-state index in [1.807, 2.05) is 0 Å². The first kappa shape index (κ1) is 40.1. The van der Waals surface area contributed by atoms with E-state index in [0.717, 1.165) is 22.6 Å². The highest BCUT2D eigenvalue weighted by atomic mass is 28.3. The number of aromatic nitrogens is 3. The van der Waals surface area contributed by atoms with Crippen LogP contribution in [0.3, 0.4) is 0 Å². The quantitative estimate of drug-likeness (QED) is 0.107. The molecule has 0 N–H and O–H groups in total. The Morgan fingerprint density at radius 3 is 1.29 bits per heavy atom. The molecule has 0 spiro atoms. The van der Waals surface area contributed by atoms with Gasteiger partial charge in [0.15, 0.2) is 8.07 Å². The summed E-state index contributed by atoms with van der Waals surface area (Å²) in [5.41, 5.74) is 12.9. The van der Waals surface area contributed by atoms with Crippen LogP contribution in [-0.4, -0.2) is 21.8 Å². The average molecular weight is 908 g/mol. The fourth-order valence-electron chi connectivity index (χ4n) is 11.8. The molecule has 14 aromatic rings. The van der Waals surface area contributed by atoms with Crippen LogP contribution >= 0.6 is 0 Å². The van der Waals surface area contributed by atoms with E-state index < -0.39 is 8.07 Å². The predicted octanol–water partition coefficient (Wildman–Crippen LogP) is 14.0. The standard InChI is InChI=1S/C66H45N3Si/c1-5-20-46(21-6-1)47-36-43-63-59(44-47)56-30-15-18-34-62(56)69(63)64-35-19-31-58-55-29-14-17-33-61(55)68(66(58)64)49-39-42-57-54-28-13-16-32-60(54)67(65(57)45-49)48-37-40-53(41-38-48)70(50-22-7-2-8-23-50,51-24-9-3-10-25-51)52-26-11-4-12-27-52/h1-45H. The number of fused-ring (bicyclic) bond motifs is 9. The Morgan fingerprint density at radius 2 is 0.671 bits per heavy atom. The van der Waals surface area contributed by atoms with Crippen molar-refractivity contribution in [3.8, 4) is 28.2 Å². The molecule has 14 rings (SSSR count). The zero-order valence-electron chi connectivity index (χ0n) is 38.3. The molecule has 328 valence electrons. The van der Waals surface area contributed by atoms with Gasteiger partial charge in [-0.15, -0.1) is 0 Å². The normalized spacial score (nSPS) is 12.0. The first-order chi connectivity index (χ1) is 34.8. The van der Waals surface area contributed by atoms with E-state index in [-0.39, 0.29) is 0 Å². The lowest BCUT2D eigenvalue weighted by Gasteiger charge is -2.34. The maximum absolute atomic E-state index is 2.71. The molecule has 4 heteroatoms. The highest BCUT2D eigenvalue weighted by Crippen LogP contribution is 2.42. The molecule has 0 atom stereocenters. The summed E-state index contributed by atoms with van der Waals surface area (Å²) in [5.74, 6) is 0. The van der Waals surface area contributed by atoms with Crippen LogP contribution in [0.2, 0.25) is 0 Å². The predicted molar refractivity (Wildman–Crippen MR) is 299 cm³/mol. The van der Waals surface area contributed by atoms with Gasteiger partial charge < -0.3 is 13.7 Å². The van der Waals surface area contributed by atoms with Gasteiger partial charge in [-0.05, 0) is 92.5 Å². The molecule has 0 unspecified atom stereocenters. The molecule has 0 radical (unpaired) electrons. The Labute approximate surface area is 407 Å². The van der Waals surface area contributed by atoms with Crippen molar-refractivity contribution in [1.29, 1.82) is 0 Å². The molecular weight excluding hydrogens is 863 g/mol. The van der Waals surface area contributed by atoms with Gasteiger partial charge >= 0.3 is 0 Å². The zero-order valence-corrected chi connectivity index (χ0v) is 39.3. The fraction of sp³-hybridized carbons (Fsp3) is 0. The van der Waals surface area contributed by atoms with Gasteiger partial charge in [-0.25, -0.2) is 0 Å². The first-order valence-corrected chi connectivity index (χ1v) is 26.2. The van der Waals surface area contributed by atoms with Crippen LogP contribution in [0.1, 0.15) is 0 Å². The van der Waals surface area contributed by atoms with Crippen LogP contribution in [0.25, 0.3) is 93.6 Å². The van der Waals surface area contributed by atoms with Crippen molar-refractivity contribution in [1.82, 2.24) is 13.7 Å². The number of hydrogen-bond acceptors (Lipinski definition) is 0. The largest absolute Gasteiger partial charge is 0.309 e. The first-order valence-electron chi connectivity index (χ1n) is 24.2. The highest BCUT2D eigenvalue weighted by Gasteiger charge is 2.41. The van der Waals surface area contributed by atoms with Gasteiger partial charge in [0.05, 0.1) is 38.8 Å².